The van der Waals surface area contributed by atoms with E-state index < -0.39 is 0 Å². The predicted molar refractivity (Wildman–Crippen MR) is 64.3 cm³/mol. The molecule has 1 heterocycles. The van der Waals surface area contributed by atoms with Gasteiger partial charge in [-0.1, -0.05) is 15.9 Å². The lowest BCUT2D eigenvalue weighted by atomic mass is 10.1. The first-order valence-corrected chi connectivity index (χ1v) is 6.07. The van der Waals surface area contributed by atoms with Crippen LogP contribution in [0.3, 0.4) is 0 Å². The maximum absolute atomic E-state index is 10.7. The number of carbonyl (C=O) groups is 1. The summed E-state index contributed by atoms with van der Waals surface area (Å²) in [5, 5.41) is 3.63. The molecule has 0 aliphatic carbocycles. The van der Waals surface area contributed by atoms with Gasteiger partial charge in [0.25, 0.3) is 0 Å². The maximum Gasteiger partial charge on any atom is 0.150 e. The number of anilines is 1. The fraction of sp³-hybridized carbons (Fsp3) is 0.100. The Kier molecular flexibility index (Phi) is 2.56. The number of halogens is 1. The smallest absolute Gasteiger partial charge is 0.150 e. The third kappa shape index (κ3) is 1.44. The van der Waals surface area contributed by atoms with Crippen LogP contribution in [0.5, 0.6) is 0 Å². The van der Waals surface area contributed by atoms with Crippen molar-refractivity contribution in [3.05, 3.63) is 28.6 Å². The molecule has 4 heteroatoms. The average molecular weight is 270 g/mol. The van der Waals surface area contributed by atoms with Gasteiger partial charge >= 0.3 is 0 Å². The van der Waals surface area contributed by atoms with E-state index in [1.165, 1.54) is 0 Å². The normalized spacial score (nSPS) is 10.6. The second-order valence-electron chi connectivity index (χ2n) is 3.00. The molecule has 2 rings (SSSR count). The third-order valence-corrected chi connectivity index (χ3v) is 3.78. The molecule has 0 unspecified atom stereocenters. The lowest BCUT2D eigenvalue weighted by Crippen LogP contribution is -1.87. The van der Waals surface area contributed by atoms with Crippen molar-refractivity contribution in [2.24, 2.45) is 0 Å². The predicted octanol–water partition coefficient (Wildman–Crippen LogP) is 3.19. The van der Waals surface area contributed by atoms with Crippen LogP contribution in [0.15, 0.2) is 17.5 Å². The molecule has 0 saturated carbocycles. The van der Waals surface area contributed by atoms with Crippen LogP contribution in [0.1, 0.15) is 15.9 Å². The molecule has 1 aromatic heterocycles. The number of aldehydes is 1. The highest BCUT2D eigenvalue weighted by Crippen LogP contribution is 2.32. The molecule has 0 spiro atoms. The van der Waals surface area contributed by atoms with Crippen molar-refractivity contribution in [1.82, 2.24) is 0 Å². The Bertz CT molecular complexity index is 492. The van der Waals surface area contributed by atoms with Gasteiger partial charge in [0.05, 0.1) is 5.69 Å². The molecule has 72 valence electrons. The van der Waals surface area contributed by atoms with E-state index in [0.717, 1.165) is 33.0 Å². The summed E-state index contributed by atoms with van der Waals surface area (Å²) < 4.78 is 1.16. The van der Waals surface area contributed by atoms with Crippen LogP contribution in [0.25, 0.3) is 10.1 Å². The first-order chi connectivity index (χ1) is 6.76. The van der Waals surface area contributed by atoms with Crippen LogP contribution in [-0.2, 0) is 5.33 Å². The van der Waals surface area contributed by atoms with Gasteiger partial charge in [-0.25, -0.2) is 0 Å². The van der Waals surface area contributed by atoms with Crippen molar-refractivity contribution in [3.8, 4) is 0 Å². The van der Waals surface area contributed by atoms with Crippen LogP contribution in [0.4, 0.5) is 5.69 Å². The number of alkyl halides is 1. The number of thiophene rings is 1. The largest absolute Gasteiger partial charge is 0.398 e. The quantitative estimate of drug-likeness (QED) is 0.672. The molecular formula is C10H8BrNOS. The van der Waals surface area contributed by atoms with E-state index in [1.807, 2.05) is 17.5 Å². The number of hydrogen-bond donors (Lipinski definition) is 1. The molecule has 0 radical (unpaired) electrons. The summed E-state index contributed by atoms with van der Waals surface area (Å²) in [4.78, 5) is 10.7. The van der Waals surface area contributed by atoms with Crippen LogP contribution in [0, 0.1) is 0 Å². The Morgan fingerprint density at radius 2 is 2.29 bits per heavy atom. The number of nitrogens with two attached hydrogens (primary N) is 1. The van der Waals surface area contributed by atoms with Crippen molar-refractivity contribution in [1.29, 1.82) is 0 Å². The van der Waals surface area contributed by atoms with Crippen LogP contribution < -0.4 is 5.73 Å². The number of carbonyl (C=O) groups excluding carboxylic acids is 1. The summed E-state index contributed by atoms with van der Waals surface area (Å²) in [7, 11) is 0. The molecule has 2 N–H and O–H groups in total. The monoisotopic (exact) mass is 269 g/mol. The fourth-order valence-corrected chi connectivity index (χ4v) is 3.01. The first-order valence-electron chi connectivity index (χ1n) is 4.07. The van der Waals surface area contributed by atoms with Crippen molar-refractivity contribution < 1.29 is 4.79 Å². The molecule has 0 fully saturated rings. The highest BCUT2D eigenvalue weighted by molar-refractivity contribution is 9.08. The zero-order chi connectivity index (χ0) is 10.1. The SMILES string of the molecule is Nc1csc2c(CBr)cc(C=O)cc12. The zero-order valence-corrected chi connectivity index (χ0v) is 9.69. The summed E-state index contributed by atoms with van der Waals surface area (Å²) in [6, 6.07) is 3.72. The molecule has 14 heavy (non-hydrogen) atoms. The lowest BCUT2D eigenvalue weighted by molar-refractivity contribution is 0.112. The summed E-state index contributed by atoms with van der Waals surface area (Å²) >= 11 is 5.01. The van der Waals surface area contributed by atoms with Gasteiger partial charge in [-0.3, -0.25) is 4.79 Å². The van der Waals surface area contributed by atoms with E-state index in [2.05, 4.69) is 15.9 Å². The summed E-state index contributed by atoms with van der Waals surface area (Å²) in [5.41, 5.74) is 8.34. The second-order valence-corrected chi connectivity index (χ2v) is 4.44. The van der Waals surface area contributed by atoms with Crippen molar-refractivity contribution in [3.63, 3.8) is 0 Å². The van der Waals surface area contributed by atoms with Crippen molar-refractivity contribution in [2.75, 3.05) is 5.73 Å². The van der Waals surface area contributed by atoms with E-state index in [9.17, 15) is 4.79 Å². The highest BCUT2D eigenvalue weighted by Gasteiger charge is 2.07. The highest BCUT2D eigenvalue weighted by atomic mass is 79.9. The molecule has 0 aliphatic heterocycles. The molecule has 2 nitrogen and oxygen atoms in total. The van der Waals surface area contributed by atoms with Gasteiger partial charge in [-0.2, -0.15) is 0 Å². The van der Waals surface area contributed by atoms with E-state index in [4.69, 9.17) is 5.73 Å². The number of rotatable bonds is 2. The third-order valence-electron chi connectivity index (χ3n) is 2.08. The molecule has 2 aromatic rings. The standard InChI is InChI=1S/C10H8BrNOS/c11-3-7-1-6(4-13)2-8-9(12)5-14-10(7)8/h1-2,4-5H,3,12H2. The lowest BCUT2D eigenvalue weighted by Gasteiger charge is -2.00. The molecule has 0 atom stereocenters. The van der Waals surface area contributed by atoms with Crippen molar-refractivity contribution in [2.45, 2.75) is 5.33 Å². The van der Waals surface area contributed by atoms with Gasteiger partial charge in [0, 0.05) is 26.4 Å². The Morgan fingerprint density at radius 1 is 1.50 bits per heavy atom. The van der Waals surface area contributed by atoms with E-state index in [1.54, 1.807) is 11.3 Å². The first kappa shape index (κ1) is 9.68. The van der Waals surface area contributed by atoms with Crippen LogP contribution in [-0.4, -0.2) is 6.29 Å². The van der Waals surface area contributed by atoms with Gasteiger partial charge in [0.2, 0.25) is 0 Å². The minimum atomic E-state index is 0.678. The second kappa shape index (κ2) is 3.71. The maximum atomic E-state index is 10.7. The van der Waals surface area contributed by atoms with E-state index >= 15 is 0 Å². The summed E-state index contributed by atoms with van der Waals surface area (Å²) in [6.45, 7) is 0. The summed E-state index contributed by atoms with van der Waals surface area (Å²) in [6.07, 6.45) is 0.850. The minimum absolute atomic E-state index is 0.678. The Hall–Kier alpha value is -0.870. The van der Waals surface area contributed by atoms with E-state index in [0.29, 0.717) is 5.56 Å². The molecule has 0 amide bonds. The Morgan fingerprint density at radius 3 is 2.93 bits per heavy atom. The van der Waals surface area contributed by atoms with Gasteiger partial charge in [0.15, 0.2) is 0 Å². The Balaban J connectivity index is 2.82. The minimum Gasteiger partial charge on any atom is -0.398 e. The zero-order valence-electron chi connectivity index (χ0n) is 7.29. The topological polar surface area (TPSA) is 43.1 Å². The van der Waals surface area contributed by atoms with Gasteiger partial charge in [-0.05, 0) is 17.7 Å². The van der Waals surface area contributed by atoms with Gasteiger partial charge in [-0.15, -0.1) is 11.3 Å². The number of fused-ring (bicyclic) bond motifs is 1. The van der Waals surface area contributed by atoms with Gasteiger partial charge in [0.1, 0.15) is 6.29 Å². The van der Waals surface area contributed by atoms with Crippen LogP contribution in [0.2, 0.25) is 0 Å². The van der Waals surface area contributed by atoms with Gasteiger partial charge < -0.3 is 5.73 Å². The van der Waals surface area contributed by atoms with E-state index in [-0.39, 0.29) is 0 Å². The molecule has 0 aliphatic rings. The van der Waals surface area contributed by atoms with Crippen molar-refractivity contribution >= 4 is 49.3 Å². The summed E-state index contributed by atoms with van der Waals surface area (Å²) in [5.74, 6) is 0. The molecule has 0 saturated heterocycles. The molecule has 0 bridgehead atoms. The number of hydrogen-bond acceptors (Lipinski definition) is 3. The van der Waals surface area contributed by atoms with Crippen LogP contribution >= 0.6 is 27.3 Å². The average Bonchev–Trinajstić information content (AvgIpc) is 2.59. The molecular weight excluding hydrogens is 262 g/mol. The number of benzene rings is 1. The fourth-order valence-electron chi connectivity index (χ4n) is 1.42. The molecule has 1 aromatic carbocycles. The Labute approximate surface area is 93.9 Å². The number of nitrogen functional groups attached to an aromatic ring is 1.